The van der Waals surface area contributed by atoms with Gasteiger partial charge in [-0.2, -0.15) is 0 Å². The zero-order chi connectivity index (χ0) is 14.4. The lowest BCUT2D eigenvalue weighted by Gasteiger charge is -2.31. The highest BCUT2D eigenvalue weighted by atomic mass is 16.5. The molecule has 1 fully saturated rings. The standard InChI is InChI=1S/C14H20N2O4/c1-10(2)3-6-19-13-8-18-5-4-11(13)16-14(17)12-7-15-9-20-12/h3,7,9,11,13H,4-6,8H2,1-2H3,(H,16,17)/t11-,13-/m1/s1. The third kappa shape index (κ3) is 4.18. The Morgan fingerprint density at radius 2 is 2.45 bits per heavy atom. The van der Waals surface area contributed by atoms with E-state index in [-0.39, 0.29) is 23.8 Å². The number of nitrogens with zero attached hydrogens (tertiary/aromatic N) is 1. The van der Waals surface area contributed by atoms with Crippen molar-refractivity contribution in [2.24, 2.45) is 0 Å². The summed E-state index contributed by atoms with van der Waals surface area (Å²) in [4.78, 5) is 15.7. The van der Waals surface area contributed by atoms with Gasteiger partial charge >= 0.3 is 0 Å². The fourth-order valence-corrected chi connectivity index (χ4v) is 1.95. The SMILES string of the molecule is CC(C)=CCO[C@@H]1COCC[C@H]1NC(=O)c1cnco1. The van der Waals surface area contributed by atoms with Crippen molar-refractivity contribution in [1.29, 1.82) is 0 Å². The van der Waals surface area contributed by atoms with Crippen molar-refractivity contribution < 1.29 is 18.7 Å². The van der Waals surface area contributed by atoms with Crippen LogP contribution in [0.3, 0.4) is 0 Å². The number of carbonyl (C=O) groups excluding carboxylic acids is 1. The van der Waals surface area contributed by atoms with Crippen LogP contribution in [-0.2, 0) is 9.47 Å². The van der Waals surface area contributed by atoms with Gasteiger partial charge in [0.25, 0.3) is 5.91 Å². The Morgan fingerprint density at radius 3 is 3.15 bits per heavy atom. The second kappa shape index (κ2) is 7.21. The maximum absolute atomic E-state index is 11.9. The van der Waals surface area contributed by atoms with E-state index in [1.165, 1.54) is 18.2 Å². The molecule has 1 amide bonds. The first-order valence-corrected chi connectivity index (χ1v) is 6.69. The van der Waals surface area contributed by atoms with Gasteiger partial charge in [0.15, 0.2) is 6.39 Å². The van der Waals surface area contributed by atoms with Crippen LogP contribution in [0.5, 0.6) is 0 Å². The predicted octanol–water partition coefficient (Wildman–Crippen LogP) is 1.54. The predicted molar refractivity (Wildman–Crippen MR) is 72.4 cm³/mol. The van der Waals surface area contributed by atoms with Gasteiger partial charge in [0.05, 0.1) is 25.5 Å². The van der Waals surface area contributed by atoms with Gasteiger partial charge in [0.2, 0.25) is 5.76 Å². The van der Waals surface area contributed by atoms with Crippen molar-refractivity contribution >= 4 is 5.91 Å². The van der Waals surface area contributed by atoms with Crippen molar-refractivity contribution in [2.75, 3.05) is 19.8 Å². The van der Waals surface area contributed by atoms with Crippen LogP contribution < -0.4 is 5.32 Å². The average Bonchev–Trinajstić information content (AvgIpc) is 2.94. The second-order valence-electron chi connectivity index (χ2n) is 4.96. The Morgan fingerprint density at radius 1 is 1.60 bits per heavy atom. The molecular weight excluding hydrogens is 260 g/mol. The first-order valence-electron chi connectivity index (χ1n) is 6.69. The van der Waals surface area contributed by atoms with Gasteiger partial charge in [0.1, 0.15) is 6.10 Å². The van der Waals surface area contributed by atoms with Crippen LogP contribution in [-0.4, -0.2) is 42.9 Å². The Kier molecular flexibility index (Phi) is 5.31. The average molecular weight is 280 g/mol. The number of hydrogen-bond donors (Lipinski definition) is 1. The lowest BCUT2D eigenvalue weighted by molar-refractivity contribution is -0.0590. The lowest BCUT2D eigenvalue weighted by atomic mass is 10.1. The summed E-state index contributed by atoms with van der Waals surface area (Å²) in [7, 11) is 0. The van der Waals surface area contributed by atoms with Gasteiger partial charge in [-0.3, -0.25) is 4.79 Å². The molecule has 1 N–H and O–H groups in total. The quantitative estimate of drug-likeness (QED) is 0.828. The number of amides is 1. The summed E-state index contributed by atoms with van der Waals surface area (Å²) in [6.07, 6.45) is 5.21. The Balaban J connectivity index is 1.89. The zero-order valence-corrected chi connectivity index (χ0v) is 11.8. The molecule has 1 aromatic rings. The Labute approximate surface area is 118 Å². The maximum atomic E-state index is 11.9. The molecule has 1 aromatic heterocycles. The molecule has 2 heterocycles. The van der Waals surface area contributed by atoms with Gasteiger partial charge in [-0.05, 0) is 20.3 Å². The van der Waals surface area contributed by atoms with E-state index in [0.29, 0.717) is 19.8 Å². The number of nitrogens with one attached hydrogen (secondary N) is 1. The third-order valence-corrected chi connectivity index (χ3v) is 3.08. The molecule has 0 spiro atoms. The van der Waals surface area contributed by atoms with Crippen LogP contribution in [0.2, 0.25) is 0 Å². The summed E-state index contributed by atoms with van der Waals surface area (Å²) in [6.45, 7) is 5.65. The Hall–Kier alpha value is -1.66. The topological polar surface area (TPSA) is 73.6 Å². The molecule has 1 aliphatic rings. The molecule has 6 nitrogen and oxygen atoms in total. The highest BCUT2D eigenvalue weighted by Crippen LogP contribution is 2.13. The van der Waals surface area contributed by atoms with Crippen LogP contribution in [0.1, 0.15) is 30.8 Å². The first kappa shape index (κ1) is 14.7. The fraction of sp³-hybridized carbons (Fsp3) is 0.571. The molecule has 0 unspecified atom stereocenters. The minimum absolute atomic E-state index is 0.0769. The van der Waals surface area contributed by atoms with Crippen LogP contribution in [0.25, 0.3) is 0 Å². The number of ether oxygens (including phenoxy) is 2. The van der Waals surface area contributed by atoms with E-state index in [1.807, 2.05) is 19.9 Å². The van der Waals surface area contributed by atoms with E-state index < -0.39 is 0 Å². The van der Waals surface area contributed by atoms with Crippen molar-refractivity contribution in [3.63, 3.8) is 0 Å². The van der Waals surface area contributed by atoms with E-state index in [4.69, 9.17) is 13.9 Å². The monoisotopic (exact) mass is 280 g/mol. The smallest absolute Gasteiger partial charge is 0.289 e. The molecule has 0 saturated carbocycles. The van der Waals surface area contributed by atoms with E-state index in [1.54, 1.807) is 0 Å². The van der Waals surface area contributed by atoms with Crippen LogP contribution >= 0.6 is 0 Å². The number of oxazole rings is 1. The highest BCUT2D eigenvalue weighted by molar-refractivity contribution is 5.91. The van der Waals surface area contributed by atoms with Gasteiger partial charge in [-0.25, -0.2) is 4.98 Å². The minimum atomic E-state index is -0.273. The summed E-state index contributed by atoms with van der Waals surface area (Å²) in [5.74, 6) is -0.0650. The van der Waals surface area contributed by atoms with E-state index >= 15 is 0 Å². The summed E-state index contributed by atoms with van der Waals surface area (Å²) in [5.41, 5.74) is 1.20. The van der Waals surface area contributed by atoms with Gasteiger partial charge in [-0.15, -0.1) is 0 Å². The van der Waals surface area contributed by atoms with Crippen molar-refractivity contribution in [1.82, 2.24) is 10.3 Å². The minimum Gasteiger partial charge on any atom is -0.438 e. The van der Waals surface area contributed by atoms with E-state index in [2.05, 4.69) is 10.3 Å². The second-order valence-corrected chi connectivity index (χ2v) is 4.96. The molecule has 1 aliphatic heterocycles. The number of hydrogen-bond acceptors (Lipinski definition) is 5. The molecule has 0 aliphatic carbocycles. The summed E-state index contributed by atoms with van der Waals surface area (Å²) in [5, 5.41) is 2.91. The van der Waals surface area contributed by atoms with Gasteiger partial charge in [0, 0.05) is 6.61 Å². The molecule has 6 heteroatoms. The molecule has 2 rings (SSSR count). The molecule has 2 atom stereocenters. The van der Waals surface area contributed by atoms with Gasteiger partial charge in [-0.1, -0.05) is 11.6 Å². The molecule has 0 aromatic carbocycles. The van der Waals surface area contributed by atoms with Crippen molar-refractivity contribution in [3.8, 4) is 0 Å². The first-order chi connectivity index (χ1) is 9.66. The largest absolute Gasteiger partial charge is 0.438 e. The Bertz CT molecular complexity index is 452. The summed E-state index contributed by atoms with van der Waals surface area (Å²) < 4.78 is 16.2. The van der Waals surface area contributed by atoms with Crippen LogP contribution in [0, 0.1) is 0 Å². The maximum Gasteiger partial charge on any atom is 0.289 e. The normalized spacial score (nSPS) is 22.3. The van der Waals surface area contributed by atoms with E-state index in [9.17, 15) is 4.79 Å². The third-order valence-electron chi connectivity index (χ3n) is 3.08. The summed E-state index contributed by atoms with van der Waals surface area (Å²) in [6, 6.07) is -0.0769. The molecule has 20 heavy (non-hydrogen) atoms. The number of aromatic nitrogens is 1. The molecular formula is C14H20N2O4. The molecule has 0 radical (unpaired) electrons. The van der Waals surface area contributed by atoms with E-state index in [0.717, 1.165) is 6.42 Å². The summed E-state index contributed by atoms with van der Waals surface area (Å²) >= 11 is 0. The lowest BCUT2D eigenvalue weighted by Crippen LogP contribution is -2.50. The zero-order valence-electron chi connectivity index (χ0n) is 11.8. The number of allylic oxidation sites excluding steroid dienone is 1. The molecule has 1 saturated heterocycles. The van der Waals surface area contributed by atoms with Crippen molar-refractivity contribution in [3.05, 3.63) is 30.0 Å². The van der Waals surface area contributed by atoms with Gasteiger partial charge < -0.3 is 19.2 Å². The van der Waals surface area contributed by atoms with Crippen LogP contribution in [0.4, 0.5) is 0 Å². The van der Waals surface area contributed by atoms with Crippen molar-refractivity contribution in [2.45, 2.75) is 32.4 Å². The highest BCUT2D eigenvalue weighted by Gasteiger charge is 2.28. The fourth-order valence-electron chi connectivity index (χ4n) is 1.95. The van der Waals surface area contributed by atoms with Crippen LogP contribution in [0.15, 0.2) is 28.7 Å². The molecule has 110 valence electrons. The molecule has 0 bridgehead atoms. The number of rotatable bonds is 5. The number of carbonyl (C=O) groups is 1.